The molecule has 0 saturated carbocycles. The fourth-order valence-electron chi connectivity index (χ4n) is 2.50. The highest BCUT2D eigenvalue weighted by Gasteiger charge is 2.24. The molecule has 0 amide bonds. The molecule has 0 saturated heterocycles. The van der Waals surface area contributed by atoms with Crippen LogP contribution in [-0.2, 0) is 23.1 Å². The zero-order chi connectivity index (χ0) is 20.8. The minimum Gasteiger partial charge on any atom is -0.357 e. The first-order valence-corrected chi connectivity index (χ1v) is 11.5. The molecule has 3 N–H and O–H groups in total. The van der Waals surface area contributed by atoms with E-state index in [9.17, 15) is 8.42 Å². The lowest BCUT2D eigenvalue weighted by molar-refractivity contribution is 0.491. The van der Waals surface area contributed by atoms with Crippen molar-refractivity contribution >= 4 is 51.3 Å². The SMILES string of the molecule is CCNC(=NCc1ccccc1S(=O)(=O)NC(C)(C)C)NCc1ncc(C)s1.I. The van der Waals surface area contributed by atoms with Gasteiger partial charge in [-0.15, -0.1) is 35.3 Å². The van der Waals surface area contributed by atoms with Crippen LogP contribution in [0.3, 0.4) is 0 Å². The van der Waals surface area contributed by atoms with Crippen molar-refractivity contribution in [3.05, 3.63) is 45.9 Å². The molecular weight excluding hydrogens is 521 g/mol. The number of nitrogens with one attached hydrogen (secondary N) is 3. The molecule has 0 bridgehead atoms. The Morgan fingerprint density at radius 1 is 1.21 bits per heavy atom. The van der Waals surface area contributed by atoms with Crippen molar-refractivity contribution in [1.29, 1.82) is 0 Å². The van der Waals surface area contributed by atoms with Crippen LogP contribution in [0.25, 0.3) is 0 Å². The first-order valence-electron chi connectivity index (χ1n) is 9.16. The number of hydrogen-bond donors (Lipinski definition) is 3. The van der Waals surface area contributed by atoms with Gasteiger partial charge in [-0.2, -0.15) is 0 Å². The maximum absolute atomic E-state index is 12.8. The van der Waals surface area contributed by atoms with Gasteiger partial charge in [-0.25, -0.2) is 23.1 Å². The molecule has 0 spiro atoms. The number of aliphatic imine (C=N–C) groups is 1. The molecule has 2 aromatic rings. The van der Waals surface area contributed by atoms with Crippen LogP contribution in [0.5, 0.6) is 0 Å². The lowest BCUT2D eigenvalue weighted by atomic mass is 10.1. The molecule has 0 aliphatic rings. The number of sulfonamides is 1. The van der Waals surface area contributed by atoms with Crippen molar-refractivity contribution in [1.82, 2.24) is 20.3 Å². The second-order valence-electron chi connectivity index (χ2n) is 7.38. The Kier molecular flexibility index (Phi) is 9.99. The van der Waals surface area contributed by atoms with Gasteiger partial charge in [0.1, 0.15) is 5.01 Å². The van der Waals surface area contributed by atoms with E-state index in [-0.39, 0.29) is 35.4 Å². The Labute approximate surface area is 194 Å². The van der Waals surface area contributed by atoms with Crippen molar-refractivity contribution in [2.24, 2.45) is 4.99 Å². The number of rotatable bonds is 7. The molecule has 1 aromatic carbocycles. The van der Waals surface area contributed by atoms with Gasteiger partial charge in [0.2, 0.25) is 10.0 Å². The summed E-state index contributed by atoms with van der Waals surface area (Å²) in [6, 6.07) is 6.93. The minimum absolute atomic E-state index is 0. The molecule has 0 radical (unpaired) electrons. The zero-order valence-electron chi connectivity index (χ0n) is 17.4. The highest BCUT2D eigenvalue weighted by atomic mass is 127. The maximum Gasteiger partial charge on any atom is 0.241 e. The van der Waals surface area contributed by atoms with E-state index in [4.69, 9.17) is 0 Å². The molecule has 29 heavy (non-hydrogen) atoms. The number of benzene rings is 1. The molecule has 1 heterocycles. The van der Waals surface area contributed by atoms with Crippen molar-refractivity contribution in [3.63, 3.8) is 0 Å². The third-order valence-electron chi connectivity index (χ3n) is 3.53. The third kappa shape index (κ3) is 8.57. The number of guanidine groups is 1. The van der Waals surface area contributed by atoms with E-state index in [1.54, 1.807) is 29.5 Å². The highest BCUT2D eigenvalue weighted by Crippen LogP contribution is 2.18. The van der Waals surface area contributed by atoms with Gasteiger partial charge >= 0.3 is 0 Å². The molecular formula is C19H30IN5O2S2. The van der Waals surface area contributed by atoms with Gasteiger partial charge in [-0.3, -0.25) is 0 Å². The van der Waals surface area contributed by atoms with Gasteiger partial charge in [0.25, 0.3) is 0 Å². The standard InChI is InChI=1S/C19H29N5O2S2.HI/c1-6-20-18(23-13-17-21-11-14(2)27-17)22-12-15-9-7-8-10-16(15)28(25,26)24-19(3,4)5;/h7-11,24H,6,12-13H2,1-5H3,(H2,20,22,23);1H. The van der Waals surface area contributed by atoms with Crippen molar-refractivity contribution < 1.29 is 8.42 Å². The molecule has 7 nitrogen and oxygen atoms in total. The van der Waals surface area contributed by atoms with Crippen LogP contribution in [0, 0.1) is 6.92 Å². The van der Waals surface area contributed by atoms with Gasteiger partial charge in [0.15, 0.2) is 5.96 Å². The molecule has 0 aliphatic heterocycles. The van der Waals surface area contributed by atoms with E-state index in [0.717, 1.165) is 9.88 Å². The van der Waals surface area contributed by atoms with Crippen molar-refractivity contribution in [2.45, 2.75) is 58.1 Å². The van der Waals surface area contributed by atoms with Crippen LogP contribution in [-0.4, -0.2) is 31.4 Å². The molecule has 2 rings (SSSR count). The summed E-state index contributed by atoms with van der Waals surface area (Å²) in [7, 11) is -3.63. The number of nitrogens with zero attached hydrogens (tertiary/aromatic N) is 2. The number of halogens is 1. The van der Waals surface area contributed by atoms with E-state index < -0.39 is 15.6 Å². The molecule has 0 atom stereocenters. The van der Waals surface area contributed by atoms with E-state index in [2.05, 4.69) is 25.3 Å². The van der Waals surface area contributed by atoms with Gasteiger partial charge < -0.3 is 10.6 Å². The van der Waals surface area contributed by atoms with E-state index in [1.807, 2.05) is 46.9 Å². The van der Waals surface area contributed by atoms with Crippen molar-refractivity contribution in [3.8, 4) is 0 Å². The minimum atomic E-state index is -3.63. The Hall–Kier alpha value is -1.24. The topological polar surface area (TPSA) is 95.5 Å². The smallest absolute Gasteiger partial charge is 0.241 e. The molecule has 10 heteroatoms. The average molecular weight is 552 g/mol. The normalized spacial score (nSPS) is 12.4. The number of thiazole rings is 1. The number of aryl methyl sites for hydroxylation is 1. The molecule has 0 unspecified atom stereocenters. The predicted octanol–water partition coefficient (Wildman–Crippen LogP) is 3.40. The van der Waals surface area contributed by atoms with Gasteiger partial charge in [0, 0.05) is 23.2 Å². The summed E-state index contributed by atoms with van der Waals surface area (Å²) in [6.45, 7) is 11.0. The predicted molar refractivity (Wildman–Crippen MR) is 130 cm³/mol. The maximum atomic E-state index is 12.8. The summed E-state index contributed by atoms with van der Waals surface area (Å²) in [5.41, 5.74) is 0.0823. The summed E-state index contributed by atoms with van der Waals surface area (Å²) >= 11 is 1.63. The number of hydrogen-bond acceptors (Lipinski definition) is 5. The fourth-order valence-corrected chi connectivity index (χ4v) is 4.88. The molecule has 162 valence electrons. The second kappa shape index (κ2) is 11.2. The summed E-state index contributed by atoms with van der Waals surface area (Å²) in [4.78, 5) is 10.3. The monoisotopic (exact) mass is 551 g/mol. The quantitative estimate of drug-likeness (QED) is 0.279. The molecule has 0 aliphatic carbocycles. The van der Waals surface area contributed by atoms with Crippen LogP contribution in [0.4, 0.5) is 0 Å². The van der Waals surface area contributed by atoms with Crippen LogP contribution < -0.4 is 15.4 Å². The summed E-state index contributed by atoms with van der Waals surface area (Å²) < 4.78 is 28.2. The lowest BCUT2D eigenvalue weighted by Gasteiger charge is -2.21. The fraction of sp³-hybridized carbons (Fsp3) is 0.474. The van der Waals surface area contributed by atoms with E-state index in [0.29, 0.717) is 24.6 Å². The molecule has 0 fully saturated rings. The second-order valence-corrected chi connectivity index (χ2v) is 10.3. The van der Waals surface area contributed by atoms with E-state index >= 15 is 0 Å². The third-order valence-corrected chi connectivity index (χ3v) is 6.30. The first kappa shape index (κ1) is 25.8. The van der Waals surface area contributed by atoms with Gasteiger partial charge in [-0.1, -0.05) is 18.2 Å². The van der Waals surface area contributed by atoms with Gasteiger partial charge in [-0.05, 0) is 46.2 Å². The highest BCUT2D eigenvalue weighted by molar-refractivity contribution is 14.0. The van der Waals surface area contributed by atoms with Crippen LogP contribution in [0.1, 0.15) is 43.1 Å². The average Bonchev–Trinajstić information content (AvgIpc) is 3.01. The summed E-state index contributed by atoms with van der Waals surface area (Å²) in [6.07, 6.45) is 1.84. The van der Waals surface area contributed by atoms with E-state index in [1.165, 1.54) is 0 Å². The Morgan fingerprint density at radius 3 is 2.48 bits per heavy atom. The lowest BCUT2D eigenvalue weighted by Crippen LogP contribution is -2.40. The van der Waals surface area contributed by atoms with Crippen LogP contribution in [0.2, 0.25) is 0 Å². The largest absolute Gasteiger partial charge is 0.357 e. The Bertz CT molecular complexity index is 921. The first-order chi connectivity index (χ1) is 13.1. The van der Waals surface area contributed by atoms with Crippen molar-refractivity contribution in [2.75, 3.05) is 6.54 Å². The van der Waals surface area contributed by atoms with Crippen LogP contribution in [0.15, 0.2) is 40.4 Å². The van der Waals surface area contributed by atoms with Crippen LogP contribution >= 0.6 is 35.3 Å². The summed E-state index contributed by atoms with van der Waals surface area (Å²) in [5, 5.41) is 7.39. The zero-order valence-corrected chi connectivity index (χ0v) is 21.4. The molecule has 1 aromatic heterocycles. The Morgan fingerprint density at radius 2 is 1.90 bits per heavy atom. The van der Waals surface area contributed by atoms with Gasteiger partial charge in [0.05, 0.1) is 18.0 Å². The Balaban J connectivity index is 0.00000420. The summed E-state index contributed by atoms with van der Waals surface area (Å²) in [5.74, 6) is 0.617. The number of aromatic nitrogens is 1.